The molecule has 1 aromatic rings. The zero-order valence-electron chi connectivity index (χ0n) is 14.1. The zero-order valence-corrected chi connectivity index (χ0v) is 14.1. The van der Waals surface area contributed by atoms with Crippen molar-refractivity contribution in [2.45, 2.75) is 38.6 Å². The second-order valence-electron chi connectivity index (χ2n) is 6.05. The number of benzene rings is 1. The van der Waals surface area contributed by atoms with Gasteiger partial charge in [0.15, 0.2) is 0 Å². The molecule has 2 amide bonds. The Morgan fingerprint density at radius 3 is 2.83 bits per heavy atom. The third kappa shape index (κ3) is 6.91. The van der Waals surface area contributed by atoms with Crippen LogP contribution >= 0.6 is 0 Å². The van der Waals surface area contributed by atoms with Crippen molar-refractivity contribution in [3.05, 3.63) is 29.8 Å². The molecule has 0 saturated carbocycles. The van der Waals surface area contributed by atoms with Crippen molar-refractivity contribution in [3.63, 3.8) is 0 Å². The summed E-state index contributed by atoms with van der Waals surface area (Å²) < 4.78 is 5.82. The highest BCUT2D eigenvalue weighted by Gasteiger charge is 2.10. The molecular weight excluding hydrogens is 290 g/mol. The molecule has 1 saturated heterocycles. The van der Waals surface area contributed by atoms with E-state index >= 15 is 0 Å². The van der Waals surface area contributed by atoms with Crippen molar-refractivity contribution in [2.75, 3.05) is 33.3 Å². The molecule has 1 aliphatic heterocycles. The fourth-order valence-electron chi connectivity index (χ4n) is 2.82. The Morgan fingerprint density at radius 1 is 1.22 bits per heavy atom. The molecule has 1 heterocycles. The monoisotopic (exact) mass is 319 g/mol. The summed E-state index contributed by atoms with van der Waals surface area (Å²) in [5, 5.41) is 5.31. The molecule has 128 valence electrons. The number of unbranched alkanes of at least 4 members (excludes halogenated alkanes) is 1. The quantitative estimate of drug-likeness (QED) is 0.725. The highest BCUT2D eigenvalue weighted by Crippen LogP contribution is 2.17. The van der Waals surface area contributed by atoms with E-state index in [4.69, 9.17) is 4.74 Å². The number of likely N-dealkylation sites (tertiary alicyclic amines) is 1. The first-order valence-electron chi connectivity index (χ1n) is 8.67. The van der Waals surface area contributed by atoms with Gasteiger partial charge in [0.25, 0.3) is 0 Å². The van der Waals surface area contributed by atoms with Gasteiger partial charge in [-0.25, -0.2) is 4.79 Å². The summed E-state index contributed by atoms with van der Waals surface area (Å²) in [6.45, 7) is 4.81. The lowest BCUT2D eigenvalue weighted by atomic mass is 10.1. The molecule has 0 aromatic heterocycles. The predicted molar refractivity (Wildman–Crippen MR) is 92.8 cm³/mol. The Bertz CT molecular complexity index is 473. The van der Waals surface area contributed by atoms with Gasteiger partial charge in [0, 0.05) is 20.1 Å². The molecule has 5 nitrogen and oxygen atoms in total. The first-order valence-corrected chi connectivity index (χ1v) is 8.67. The van der Waals surface area contributed by atoms with Crippen molar-refractivity contribution in [1.82, 2.24) is 15.5 Å². The van der Waals surface area contributed by atoms with E-state index in [1.54, 1.807) is 7.05 Å². The predicted octanol–water partition coefficient (Wildman–Crippen LogP) is 2.76. The molecule has 0 bridgehead atoms. The van der Waals surface area contributed by atoms with Crippen molar-refractivity contribution >= 4 is 6.03 Å². The van der Waals surface area contributed by atoms with Crippen LogP contribution in [0.15, 0.2) is 24.3 Å². The lowest BCUT2D eigenvalue weighted by Crippen LogP contribution is -2.33. The summed E-state index contributed by atoms with van der Waals surface area (Å²) in [5.74, 6) is 0.943. The van der Waals surface area contributed by atoms with Gasteiger partial charge in [0.2, 0.25) is 0 Å². The molecule has 0 aliphatic carbocycles. The Hall–Kier alpha value is -1.75. The van der Waals surface area contributed by atoms with Crippen LogP contribution in [0, 0.1) is 0 Å². The van der Waals surface area contributed by atoms with Gasteiger partial charge >= 0.3 is 6.03 Å². The highest BCUT2D eigenvalue weighted by atomic mass is 16.5. The van der Waals surface area contributed by atoms with Crippen molar-refractivity contribution in [3.8, 4) is 5.75 Å². The number of carbonyl (C=O) groups excluding carboxylic acids is 1. The van der Waals surface area contributed by atoms with Gasteiger partial charge in [-0.05, 0) is 56.5 Å². The minimum absolute atomic E-state index is 0.128. The fraction of sp³-hybridized carbons (Fsp3) is 0.611. The summed E-state index contributed by atoms with van der Waals surface area (Å²) in [6.07, 6.45) is 5.86. The molecule has 1 fully saturated rings. The SMILES string of the molecule is CNC(=O)NCCCCOc1cccc(CN2CCCCC2)c1. The number of ether oxygens (including phenoxy) is 1. The van der Waals surface area contributed by atoms with Crippen LogP contribution in [-0.4, -0.2) is 44.2 Å². The minimum Gasteiger partial charge on any atom is -0.494 e. The van der Waals surface area contributed by atoms with E-state index in [-0.39, 0.29) is 6.03 Å². The number of carbonyl (C=O) groups is 1. The Kier molecular flexibility index (Phi) is 7.73. The number of piperidine rings is 1. The van der Waals surface area contributed by atoms with E-state index in [1.165, 1.54) is 37.9 Å². The van der Waals surface area contributed by atoms with Gasteiger partial charge in [-0.15, -0.1) is 0 Å². The van der Waals surface area contributed by atoms with Crippen LogP contribution in [0.4, 0.5) is 4.79 Å². The third-order valence-electron chi connectivity index (χ3n) is 4.11. The Labute approximate surface area is 139 Å². The lowest BCUT2D eigenvalue weighted by molar-refractivity contribution is 0.220. The highest BCUT2D eigenvalue weighted by molar-refractivity contribution is 5.73. The fourth-order valence-corrected chi connectivity index (χ4v) is 2.82. The first-order chi connectivity index (χ1) is 11.3. The molecule has 0 radical (unpaired) electrons. The minimum atomic E-state index is -0.128. The molecule has 0 atom stereocenters. The van der Waals surface area contributed by atoms with Crippen LogP contribution in [0.5, 0.6) is 5.75 Å². The third-order valence-corrected chi connectivity index (χ3v) is 4.11. The van der Waals surface area contributed by atoms with Gasteiger partial charge in [0.05, 0.1) is 6.61 Å². The average molecular weight is 319 g/mol. The van der Waals surface area contributed by atoms with E-state index in [9.17, 15) is 4.79 Å². The second kappa shape index (κ2) is 10.1. The van der Waals surface area contributed by atoms with Crippen LogP contribution in [0.25, 0.3) is 0 Å². The van der Waals surface area contributed by atoms with Crippen molar-refractivity contribution in [1.29, 1.82) is 0 Å². The number of hydrogen-bond donors (Lipinski definition) is 2. The maximum atomic E-state index is 11.0. The summed E-state index contributed by atoms with van der Waals surface area (Å²) in [4.78, 5) is 13.5. The maximum Gasteiger partial charge on any atom is 0.314 e. The van der Waals surface area contributed by atoms with Crippen LogP contribution in [0.3, 0.4) is 0 Å². The molecule has 1 aromatic carbocycles. The van der Waals surface area contributed by atoms with Gasteiger partial charge in [-0.3, -0.25) is 4.90 Å². The second-order valence-corrected chi connectivity index (χ2v) is 6.05. The van der Waals surface area contributed by atoms with Crippen LogP contribution in [0.1, 0.15) is 37.7 Å². The summed E-state index contributed by atoms with van der Waals surface area (Å²) in [7, 11) is 1.62. The molecule has 0 unspecified atom stereocenters. The molecule has 1 aliphatic rings. The normalized spacial score (nSPS) is 15.2. The number of rotatable bonds is 8. The molecule has 2 rings (SSSR count). The first kappa shape index (κ1) is 17.6. The van der Waals surface area contributed by atoms with E-state index in [1.807, 2.05) is 6.07 Å². The van der Waals surface area contributed by atoms with Gasteiger partial charge in [-0.2, -0.15) is 0 Å². The number of urea groups is 1. The van der Waals surface area contributed by atoms with Crippen LogP contribution < -0.4 is 15.4 Å². The van der Waals surface area contributed by atoms with Crippen molar-refractivity contribution in [2.24, 2.45) is 0 Å². The molecule has 2 N–H and O–H groups in total. The largest absolute Gasteiger partial charge is 0.494 e. The number of hydrogen-bond acceptors (Lipinski definition) is 3. The van der Waals surface area contributed by atoms with Crippen LogP contribution in [0.2, 0.25) is 0 Å². The number of nitrogens with zero attached hydrogens (tertiary/aromatic N) is 1. The van der Waals surface area contributed by atoms with E-state index < -0.39 is 0 Å². The molecule has 0 spiro atoms. The van der Waals surface area contributed by atoms with Crippen molar-refractivity contribution < 1.29 is 9.53 Å². The van der Waals surface area contributed by atoms with Gasteiger partial charge in [-0.1, -0.05) is 18.6 Å². The Balaban J connectivity index is 1.65. The topological polar surface area (TPSA) is 53.6 Å². The molecule has 5 heteroatoms. The maximum absolute atomic E-state index is 11.0. The summed E-state index contributed by atoms with van der Waals surface area (Å²) in [6, 6.07) is 8.28. The van der Waals surface area contributed by atoms with Gasteiger partial charge < -0.3 is 15.4 Å². The standard InChI is InChI=1S/C18H29N3O2/c1-19-18(22)20-10-3-6-13-23-17-9-7-8-16(14-17)15-21-11-4-2-5-12-21/h7-9,14H,2-6,10-13,15H2,1H3,(H2,19,20,22). The zero-order chi connectivity index (χ0) is 16.3. The van der Waals surface area contributed by atoms with E-state index in [0.29, 0.717) is 13.2 Å². The smallest absolute Gasteiger partial charge is 0.314 e. The van der Waals surface area contributed by atoms with Crippen LogP contribution in [-0.2, 0) is 6.54 Å². The summed E-state index contributed by atoms with van der Waals surface area (Å²) in [5.41, 5.74) is 1.32. The summed E-state index contributed by atoms with van der Waals surface area (Å²) >= 11 is 0. The molecular formula is C18H29N3O2. The van der Waals surface area contributed by atoms with E-state index in [2.05, 4.69) is 33.7 Å². The van der Waals surface area contributed by atoms with Gasteiger partial charge in [0.1, 0.15) is 5.75 Å². The number of amides is 2. The average Bonchev–Trinajstić information content (AvgIpc) is 2.59. The number of nitrogens with one attached hydrogen (secondary N) is 2. The van der Waals surface area contributed by atoms with E-state index in [0.717, 1.165) is 25.1 Å². The lowest BCUT2D eigenvalue weighted by Gasteiger charge is -2.26. The molecule has 23 heavy (non-hydrogen) atoms. The Morgan fingerprint density at radius 2 is 2.04 bits per heavy atom.